The third kappa shape index (κ3) is 1.65. The molecule has 0 aliphatic heterocycles. The molecule has 1 atom stereocenters. The predicted octanol–water partition coefficient (Wildman–Crippen LogP) is 0.456. The molecule has 0 aromatic carbocycles. The third-order valence-corrected chi connectivity index (χ3v) is 1.78. The number of hydrogen-bond acceptors (Lipinski definition) is 3. The average molecular weight is 169 g/mol. The first-order chi connectivity index (χ1) is 5.66. The van der Waals surface area contributed by atoms with E-state index in [0.717, 1.165) is 5.82 Å². The van der Waals surface area contributed by atoms with Crippen molar-refractivity contribution in [1.82, 2.24) is 9.55 Å². The van der Waals surface area contributed by atoms with Gasteiger partial charge in [0, 0.05) is 18.4 Å². The fourth-order valence-corrected chi connectivity index (χ4v) is 1.13. The van der Waals surface area contributed by atoms with Gasteiger partial charge in [-0.25, -0.2) is 4.98 Å². The van der Waals surface area contributed by atoms with Gasteiger partial charge in [0.25, 0.3) is 0 Å². The van der Waals surface area contributed by atoms with Gasteiger partial charge in [-0.3, -0.25) is 0 Å². The van der Waals surface area contributed by atoms with Crippen molar-refractivity contribution in [2.75, 3.05) is 6.61 Å². The fraction of sp³-hybridized carbons (Fsp3) is 0.625. The first-order valence-corrected chi connectivity index (χ1v) is 4.06. The quantitative estimate of drug-likeness (QED) is 0.690. The van der Waals surface area contributed by atoms with Gasteiger partial charge in [0.1, 0.15) is 5.82 Å². The van der Waals surface area contributed by atoms with Crippen LogP contribution in [0.3, 0.4) is 0 Å². The van der Waals surface area contributed by atoms with E-state index in [-0.39, 0.29) is 12.6 Å². The zero-order chi connectivity index (χ0) is 9.14. The van der Waals surface area contributed by atoms with E-state index >= 15 is 0 Å². The summed E-state index contributed by atoms with van der Waals surface area (Å²) in [6, 6.07) is -0.0394. The largest absolute Gasteiger partial charge is 0.394 e. The monoisotopic (exact) mass is 169 g/mol. The van der Waals surface area contributed by atoms with Crippen LogP contribution < -0.4 is 5.73 Å². The lowest BCUT2D eigenvalue weighted by Gasteiger charge is -2.14. The summed E-state index contributed by atoms with van der Waals surface area (Å²) in [4.78, 5) is 4.09. The average Bonchev–Trinajstić information content (AvgIpc) is 2.50. The second-order valence-corrected chi connectivity index (χ2v) is 3.08. The Hall–Kier alpha value is -0.870. The Morgan fingerprint density at radius 2 is 2.33 bits per heavy atom. The highest BCUT2D eigenvalue weighted by Gasteiger charge is 2.12. The molecule has 12 heavy (non-hydrogen) atoms. The van der Waals surface area contributed by atoms with Crippen LogP contribution in [0.5, 0.6) is 0 Å². The molecule has 1 heterocycles. The molecule has 0 aliphatic carbocycles. The molecule has 0 radical (unpaired) electrons. The highest BCUT2D eigenvalue weighted by Crippen LogP contribution is 2.12. The molecule has 0 saturated carbocycles. The summed E-state index contributed by atoms with van der Waals surface area (Å²) in [5.41, 5.74) is 5.64. The Morgan fingerprint density at radius 1 is 1.67 bits per heavy atom. The molecule has 0 fully saturated rings. The maximum atomic E-state index is 8.83. The van der Waals surface area contributed by atoms with E-state index in [4.69, 9.17) is 10.8 Å². The van der Waals surface area contributed by atoms with E-state index in [1.165, 1.54) is 0 Å². The lowest BCUT2D eigenvalue weighted by molar-refractivity contribution is 0.259. The van der Waals surface area contributed by atoms with Crippen molar-refractivity contribution in [1.29, 1.82) is 0 Å². The molecule has 1 aromatic heterocycles. The molecule has 1 unspecified atom stereocenters. The Bertz CT molecular complexity index is 244. The Kier molecular flexibility index (Phi) is 2.83. The lowest BCUT2D eigenvalue weighted by Crippen LogP contribution is -2.20. The molecule has 0 aliphatic rings. The van der Waals surface area contributed by atoms with Crippen LogP contribution in [-0.4, -0.2) is 21.3 Å². The zero-order valence-corrected chi connectivity index (χ0v) is 7.44. The van der Waals surface area contributed by atoms with Gasteiger partial charge in [0.05, 0.1) is 12.6 Å². The number of aliphatic hydroxyl groups excluding tert-OH is 1. The number of aromatic nitrogens is 2. The molecule has 0 saturated heterocycles. The highest BCUT2D eigenvalue weighted by atomic mass is 16.3. The van der Waals surface area contributed by atoms with Gasteiger partial charge < -0.3 is 15.4 Å². The number of nitrogens with zero attached hydrogens (tertiary/aromatic N) is 2. The zero-order valence-electron chi connectivity index (χ0n) is 7.44. The van der Waals surface area contributed by atoms with Gasteiger partial charge in [-0.05, 0) is 13.8 Å². The summed E-state index contributed by atoms with van der Waals surface area (Å²) < 4.78 is 1.96. The standard InChI is InChI=1S/C8H15N3O/c1-6(2)11-4-3-10-8(11)7(9)5-12/h3-4,6-7,12H,5,9H2,1-2H3. The van der Waals surface area contributed by atoms with Crippen LogP contribution in [-0.2, 0) is 0 Å². The van der Waals surface area contributed by atoms with Gasteiger partial charge >= 0.3 is 0 Å². The molecule has 68 valence electrons. The molecule has 1 aromatic rings. The topological polar surface area (TPSA) is 64.1 Å². The van der Waals surface area contributed by atoms with Crippen LogP contribution in [0.2, 0.25) is 0 Å². The molecule has 0 spiro atoms. The van der Waals surface area contributed by atoms with E-state index in [1.54, 1.807) is 6.20 Å². The van der Waals surface area contributed by atoms with E-state index < -0.39 is 0 Å². The molecular formula is C8H15N3O. The van der Waals surface area contributed by atoms with E-state index in [9.17, 15) is 0 Å². The molecular weight excluding hydrogens is 154 g/mol. The smallest absolute Gasteiger partial charge is 0.128 e. The Morgan fingerprint density at radius 3 is 2.83 bits per heavy atom. The minimum Gasteiger partial charge on any atom is -0.394 e. The number of imidazole rings is 1. The minimum absolute atomic E-state index is 0.0657. The predicted molar refractivity (Wildman–Crippen MR) is 46.6 cm³/mol. The summed E-state index contributed by atoms with van der Waals surface area (Å²) in [6.45, 7) is 4.04. The molecule has 0 bridgehead atoms. The van der Waals surface area contributed by atoms with E-state index in [0.29, 0.717) is 6.04 Å². The van der Waals surface area contributed by atoms with Crippen molar-refractivity contribution >= 4 is 0 Å². The van der Waals surface area contributed by atoms with Gasteiger partial charge in [-0.2, -0.15) is 0 Å². The van der Waals surface area contributed by atoms with Crippen molar-refractivity contribution in [2.24, 2.45) is 5.73 Å². The summed E-state index contributed by atoms with van der Waals surface area (Å²) >= 11 is 0. The maximum Gasteiger partial charge on any atom is 0.128 e. The van der Waals surface area contributed by atoms with Crippen molar-refractivity contribution in [3.05, 3.63) is 18.2 Å². The van der Waals surface area contributed by atoms with Crippen LogP contribution in [0.15, 0.2) is 12.4 Å². The highest BCUT2D eigenvalue weighted by molar-refractivity contribution is 4.99. The van der Waals surface area contributed by atoms with Crippen molar-refractivity contribution < 1.29 is 5.11 Å². The third-order valence-electron chi connectivity index (χ3n) is 1.78. The Labute approximate surface area is 72.0 Å². The summed E-state index contributed by atoms with van der Waals surface area (Å²) in [5, 5.41) is 8.83. The maximum absolute atomic E-state index is 8.83. The van der Waals surface area contributed by atoms with Crippen LogP contribution in [0.1, 0.15) is 31.8 Å². The minimum atomic E-state index is -0.373. The first-order valence-electron chi connectivity index (χ1n) is 4.06. The second kappa shape index (κ2) is 3.69. The molecule has 0 amide bonds. The van der Waals surface area contributed by atoms with E-state index in [1.807, 2.05) is 10.8 Å². The van der Waals surface area contributed by atoms with Crippen LogP contribution in [0.25, 0.3) is 0 Å². The molecule has 1 rings (SSSR count). The van der Waals surface area contributed by atoms with Gasteiger partial charge in [-0.15, -0.1) is 0 Å². The molecule has 4 heteroatoms. The summed E-state index contributed by atoms with van der Waals surface area (Å²) in [5.74, 6) is 0.743. The number of hydrogen-bond donors (Lipinski definition) is 2. The van der Waals surface area contributed by atoms with E-state index in [2.05, 4.69) is 18.8 Å². The summed E-state index contributed by atoms with van der Waals surface area (Å²) in [6.07, 6.45) is 3.57. The normalized spacial score (nSPS) is 13.8. The molecule has 4 nitrogen and oxygen atoms in total. The number of nitrogens with two attached hydrogens (primary N) is 1. The Balaban J connectivity index is 2.91. The van der Waals surface area contributed by atoms with Gasteiger partial charge in [0.15, 0.2) is 0 Å². The van der Waals surface area contributed by atoms with Crippen molar-refractivity contribution in [3.8, 4) is 0 Å². The fourth-order valence-electron chi connectivity index (χ4n) is 1.13. The lowest BCUT2D eigenvalue weighted by atomic mass is 10.3. The molecule has 3 N–H and O–H groups in total. The van der Waals surface area contributed by atoms with Crippen molar-refractivity contribution in [3.63, 3.8) is 0 Å². The van der Waals surface area contributed by atoms with Crippen molar-refractivity contribution in [2.45, 2.75) is 25.9 Å². The second-order valence-electron chi connectivity index (χ2n) is 3.08. The summed E-state index contributed by atoms with van der Waals surface area (Å²) in [7, 11) is 0. The number of rotatable bonds is 3. The van der Waals surface area contributed by atoms with Crippen LogP contribution in [0.4, 0.5) is 0 Å². The number of aliphatic hydroxyl groups is 1. The van der Waals surface area contributed by atoms with Crippen LogP contribution >= 0.6 is 0 Å². The van der Waals surface area contributed by atoms with Gasteiger partial charge in [0.2, 0.25) is 0 Å². The van der Waals surface area contributed by atoms with Crippen LogP contribution in [0, 0.1) is 0 Å². The van der Waals surface area contributed by atoms with Gasteiger partial charge in [-0.1, -0.05) is 0 Å². The SMILES string of the molecule is CC(C)n1ccnc1C(N)CO. The first kappa shape index (κ1) is 9.22.